The van der Waals surface area contributed by atoms with Crippen molar-refractivity contribution < 1.29 is 34.2 Å². The van der Waals surface area contributed by atoms with Gasteiger partial charge in [0.05, 0.1) is 12.5 Å². The van der Waals surface area contributed by atoms with Crippen molar-refractivity contribution in [3.8, 4) is 0 Å². The molecule has 0 radical (unpaired) electrons. The number of quaternary nitrogens is 1. The minimum Gasteiger partial charge on any atom is -0.544 e. The second kappa shape index (κ2) is 17.6. The predicted molar refractivity (Wildman–Crippen MR) is 129 cm³/mol. The first kappa shape index (κ1) is 31.1. The van der Waals surface area contributed by atoms with E-state index in [0.29, 0.717) is 6.42 Å². The second-order valence-corrected chi connectivity index (χ2v) is 9.33. The first-order valence-electron chi connectivity index (χ1n) is 12.8. The van der Waals surface area contributed by atoms with Crippen LogP contribution in [0.2, 0.25) is 0 Å². The van der Waals surface area contributed by atoms with Crippen LogP contribution in [0.25, 0.3) is 0 Å². The minimum atomic E-state index is -1.43. The Bertz CT molecular complexity index is 553. The first-order valence-corrected chi connectivity index (χ1v) is 12.8. The molecular formula is C26H47NO6. The Hall–Kier alpha value is -1.89. The van der Waals surface area contributed by atoms with E-state index in [-0.39, 0.29) is 6.54 Å². The summed E-state index contributed by atoms with van der Waals surface area (Å²) < 4.78 is -0.550. The maximum absolute atomic E-state index is 11.7. The van der Waals surface area contributed by atoms with Crippen LogP contribution in [-0.2, 0) is 14.4 Å². The van der Waals surface area contributed by atoms with Crippen LogP contribution in [-0.4, -0.2) is 57.3 Å². The van der Waals surface area contributed by atoms with Gasteiger partial charge >= 0.3 is 11.9 Å². The Labute approximate surface area is 200 Å². The van der Waals surface area contributed by atoms with E-state index in [1.165, 1.54) is 65.7 Å². The van der Waals surface area contributed by atoms with Crippen LogP contribution in [0.5, 0.6) is 0 Å². The molecule has 192 valence electrons. The highest BCUT2D eigenvalue weighted by molar-refractivity contribution is 5.76. The molecule has 3 atom stereocenters. The molecule has 7 heteroatoms. The fraction of sp³-hybridized carbons (Fsp3) is 0.808. The van der Waals surface area contributed by atoms with Crippen LogP contribution in [0.4, 0.5) is 0 Å². The molecule has 0 bridgehead atoms. The van der Waals surface area contributed by atoms with Gasteiger partial charge in [0.1, 0.15) is 6.04 Å². The van der Waals surface area contributed by atoms with Crippen molar-refractivity contribution in [3.05, 3.63) is 12.2 Å². The van der Waals surface area contributed by atoms with E-state index in [1.807, 2.05) is 0 Å². The van der Waals surface area contributed by atoms with Gasteiger partial charge in [-0.25, -0.2) is 9.59 Å². The molecular weight excluding hydrogens is 422 g/mol. The van der Waals surface area contributed by atoms with Gasteiger partial charge in [-0.15, -0.1) is 0 Å². The number of nitrogens with zero attached hydrogens (tertiary/aromatic N) is 1. The summed E-state index contributed by atoms with van der Waals surface area (Å²) in [6, 6.07) is -3.58. The van der Waals surface area contributed by atoms with E-state index in [2.05, 4.69) is 19.1 Å². The summed E-state index contributed by atoms with van der Waals surface area (Å²) >= 11 is 0. The lowest BCUT2D eigenvalue weighted by atomic mass is 10.00. The number of allylic oxidation sites excluding steroid dienone is 2. The van der Waals surface area contributed by atoms with Crippen LogP contribution in [0, 0.1) is 0 Å². The molecule has 0 rings (SSSR count). The molecule has 0 saturated heterocycles. The second-order valence-electron chi connectivity index (χ2n) is 9.33. The first-order chi connectivity index (χ1) is 15.6. The van der Waals surface area contributed by atoms with Crippen LogP contribution in [0.15, 0.2) is 12.2 Å². The summed E-state index contributed by atoms with van der Waals surface area (Å²) in [5.41, 5.74) is 0. The summed E-state index contributed by atoms with van der Waals surface area (Å²) in [6.45, 7) is 6.53. The van der Waals surface area contributed by atoms with Crippen LogP contribution in [0.3, 0.4) is 0 Å². The molecule has 0 spiro atoms. The number of carboxylic acids is 3. The molecule has 0 aromatic heterocycles. The van der Waals surface area contributed by atoms with Gasteiger partial charge in [-0.1, -0.05) is 64.0 Å². The average molecular weight is 470 g/mol. The van der Waals surface area contributed by atoms with Gasteiger partial charge in [0, 0.05) is 0 Å². The minimum absolute atomic E-state index is 0.171. The van der Waals surface area contributed by atoms with Crippen LogP contribution in [0.1, 0.15) is 111 Å². The normalized spacial score (nSPS) is 16.2. The molecule has 0 saturated carbocycles. The van der Waals surface area contributed by atoms with Crippen LogP contribution < -0.4 is 5.11 Å². The monoisotopic (exact) mass is 469 g/mol. The zero-order valence-electron chi connectivity index (χ0n) is 21.3. The fourth-order valence-corrected chi connectivity index (χ4v) is 4.65. The lowest BCUT2D eigenvalue weighted by Gasteiger charge is -2.49. The van der Waals surface area contributed by atoms with E-state index < -0.39 is 40.5 Å². The maximum Gasteiger partial charge on any atom is 0.362 e. The topological polar surface area (TPSA) is 115 Å². The van der Waals surface area contributed by atoms with E-state index in [4.69, 9.17) is 0 Å². The zero-order valence-corrected chi connectivity index (χ0v) is 21.3. The van der Waals surface area contributed by atoms with Crippen molar-refractivity contribution in [2.45, 2.75) is 129 Å². The summed E-state index contributed by atoms with van der Waals surface area (Å²) in [6.07, 6.45) is 19.0. The number of aliphatic carboxylic acids is 3. The molecule has 0 amide bonds. The zero-order chi connectivity index (χ0) is 25.3. The van der Waals surface area contributed by atoms with Crippen molar-refractivity contribution in [1.29, 1.82) is 0 Å². The number of rotatable bonds is 21. The molecule has 7 nitrogen and oxygen atoms in total. The highest BCUT2D eigenvalue weighted by Crippen LogP contribution is 2.27. The third-order valence-electron chi connectivity index (χ3n) is 7.03. The van der Waals surface area contributed by atoms with Crippen molar-refractivity contribution >= 4 is 17.9 Å². The lowest BCUT2D eigenvalue weighted by Crippen LogP contribution is -2.72. The van der Waals surface area contributed by atoms with Gasteiger partial charge < -0.3 is 20.1 Å². The molecule has 33 heavy (non-hydrogen) atoms. The Morgan fingerprint density at radius 3 is 1.48 bits per heavy atom. The molecule has 0 heterocycles. The number of hydrogen-bond donors (Lipinski definition) is 2. The predicted octanol–water partition coefficient (Wildman–Crippen LogP) is 4.54. The molecule has 0 fully saturated rings. The lowest BCUT2D eigenvalue weighted by molar-refractivity contribution is -0.969. The van der Waals surface area contributed by atoms with Gasteiger partial charge in [0.25, 0.3) is 0 Å². The highest BCUT2D eigenvalue weighted by atomic mass is 16.4. The largest absolute Gasteiger partial charge is 0.544 e. The number of unbranched alkanes of at least 4 members (excludes halogenated alkanes) is 11. The summed E-state index contributed by atoms with van der Waals surface area (Å²) in [7, 11) is 0. The van der Waals surface area contributed by atoms with Crippen molar-refractivity contribution in [2.24, 2.45) is 0 Å². The Balaban J connectivity index is 4.48. The Morgan fingerprint density at radius 2 is 1.09 bits per heavy atom. The van der Waals surface area contributed by atoms with Gasteiger partial charge in [-0.3, -0.25) is 4.48 Å². The molecule has 0 aromatic rings. The number of hydrogen-bond acceptors (Lipinski definition) is 4. The van der Waals surface area contributed by atoms with E-state index >= 15 is 0 Å². The third kappa shape index (κ3) is 11.2. The SMILES string of the molecule is CCCCCCCCC/C=C/CCCCCC[N+](C(C)C(=O)[O-])(C(C)C(=O)O)C(C)C(=O)O. The molecule has 0 aromatic carbocycles. The van der Waals surface area contributed by atoms with Crippen molar-refractivity contribution in [2.75, 3.05) is 6.54 Å². The van der Waals surface area contributed by atoms with Crippen LogP contribution >= 0.6 is 0 Å². The van der Waals surface area contributed by atoms with Gasteiger partial charge in [0.15, 0.2) is 12.1 Å². The van der Waals surface area contributed by atoms with Crippen molar-refractivity contribution in [3.63, 3.8) is 0 Å². The average Bonchev–Trinajstić information content (AvgIpc) is 2.77. The summed E-state index contributed by atoms with van der Waals surface area (Å²) in [4.78, 5) is 35.1. The van der Waals surface area contributed by atoms with E-state index in [1.54, 1.807) is 0 Å². The number of carbonyl (C=O) groups is 3. The smallest absolute Gasteiger partial charge is 0.362 e. The standard InChI is InChI=1S/C26H47NO6/c1-5-6-7-8-9-10-11-12-13-14-15-16-17-18-19-20-27(21(2)24(28)29,22(3)25(30)31)23(4)26(32)33/h13-14,21-23H,5-12,15-20H2,1-4H3,(H2-,28,29,30,31,32,33)/b14-13+. The maximum atomic E-state index is 11.7. The molecule has 2 N–H and O–H groups in total. The van der Waals surface area contributed by atoms with Gasteiger partial charge in [0.2, 0.25) is 0 Å². The fourth-order valence-electron chi connectivity index (χ4n) is 4.65. The van der Waals surface area contributed by atoms with Gasteiger partial charge in [-0.05, 0) is 59.3 Å². The molecule has 3 unspecified atom stereocenters. The number of carboxylic acid groups (broad SMARTS) is 3. The molecule has 0 aliphatic heterocycles. The third-order valence-corrected chi connectivity index (χ3v) is 7.03. The highest BCUT2D eigenvalue weighted by Gasteiger charge is 2.50. The summed E-state index contributed by atoms with van der Waals surface area (Å²) in [5.74, 6) is -3.84. The Kier molecular flexibility index (Phi) is 16.6. The summed E-state index contributed by atoms with van der Waals surface area (Å²) in [5, 5.41) is 30.8. The quantitative estimate of drug-likeness (QED) is 0.145. The van der Waals surface area contributed by atoms with E-state index in [9.17, 15) is 29.7 Å². The molecule has 0 aliphatic rings. The molecule has 0 aliphatic carbocycles. The van der Waals surface area contributed by atoms with Crippen molar-refractivity contribution in [1.82, 2.24) is 0 Å². The Morgan fingerprint density at radius 1 is 0.697 bits per heavy atom. The van der Waals surface area contributed by atoms with Gasteiger partial charge in [-0.2, -0.15) is 0 Å². The van der Waals surface area contributed by atoms with E-state index in [0.717, 1.165) is 32.1 Å². The number of carbonyl (C=O) groups excluding carboxylic acids is 1.